The van der Waals surface area contributed by atoms with E-state index in [1.54, 1.807) is 4.90 Å². The maximum absolute atomic E-state index is 10.8. The van der Waals surface area contributed by atoms with E-state index in [2.05, 4.69) is 11.8 Å². The number of nitrogens with zero attached hydrogens (tertiary/aromatic N) is 2. The van der Waals surface area contributed by atoms with Crippen molar-refractivity contribution in [3.8, 4) is 0 Å². The van der Waals surface area contributed by atoms with Crippen LogP contribution in [0.2, 0.25) is 0 Å². The first-order valence-electron chi connectivity index (χ1n) is 6.38. The number of hydrogen-bond donors (Lipinski definition) is 1. The van der Waals surface area contributed by atoms with Crippen LogP contribution in [0.5, 0.6) is 0 Å². The average Bonchev–Trinajstić information content (AvgIpc) is 2.29. The Morgan fingerprint density at radius 2 is 1.82 bits per heavy atom. The minimum absolute atomic E-state index is 0. The molecule has 1 atom stereocenters. The van der Waals surface area contributed by atoms with Gasteiger partial charge in [-0.25, -0.2) is 4.79 Å². The number of carbonyl (C=O) groups is 1. The molecule has 0 aliphatic carbocycles. The Bertz CT molecular complexity index is 255. The summed E-state index contributed by atoms with van der Waals surface area (Å²) in [5, 5.41) is 8.89. The van der Waals surface area contributed by atoms with Gasteiger partial charge in [-0.3, -0.25) is 4.90 Å². The molecule has 100 valence electrons. The van der Waals surface area contributed by atoms with Gasteiger partial charge in [0.1, 0.15) is 0 Å². The highest BCUT2D eigenvalue weighted by atomic mass is 35.5. The molecule has 2 rings (SSSR count). The van der Waals surface area contributed by atoms with Gasteiger partial charge < -0.3 is 10.0 Å². The minimum Gasteiger partial charge on any atom is -0.465 e. The molecule has 4 nitrogen and oxygen atoms in total. The maximum Gasteiger partial charge on any atom is 0.407 e. The van der Waals surface area contributed by atoms with Crippen LogP contribution in [0.4, 0.5) is 4.79 Å². The van der Waals surface area contributed by atoms with Gasteiger partial charge in [0.2, 0.25) is 0 Å². The highest BCUT2D eigenvalue weighted by molar-refractivity contribution is 5.85. The monoisotopic (exact) mass is 262 g/mol. The molecule has 1 amide bonds. The van der Waals surface area contributed by atoms with Gasteiger partial charge in [0.25, 0.3) is 0 Å². The molecular weight excluding hydrogens is 240 g/mol. The zero-order valence-corrected chi connectivity index (χ0v) is 11.3. The number of halogens is 1. The number of carboxylic acid groups (broad SMARTS) is 1. The molecule has 0 unspecified atom stereocenters. The van der Waals surface area contributed by atoms with Gasteiger partial charge in [0.05, 0.1) is 0 Å². The lowest BCUT2D eigenvalue weighted by atomic mass is 9.95. The Morgan fingerprint density at radius 1 is 1.18 bits per heavy atom. The maximum atomic E-state index is 10.8. The average molecular weight is 263 g/mol. The van der Waals surface area contributed by atoms with Crippen LogP contribution < -0.4 is 0 Å². The van der Waals surface area contributed by atoms with Crippen molar-refractivity contribution in [2.45, 2.75) is 38.6 Å². The SMILES string of the molecule is C[C@@H]1CCCN(C2CCN(C(=O)O)CC2)C1.Cl. The predicted molar refractivity (Wildman–Crippen MR) is 69.8 cm³/mol. The summed E-state index contributed by atoms with van der Waals surface area (Å²) in [6, 6.07) is 0.623. The van der Waals surface area contributed by atoms with Gasteiger partial charge >= 0.3 is 6.09 Å². The van der Waals surface area contributed by atoms with Crippen molar-refractivity contribution in [2.24, 2.45) is 5.92 Å². The first-order chi connectivity index (χ1) is 7.66. The van der Waals surface area contributed by atoms with Crippen LogP contribution in [-0.4, -0.2) is 53.2 Å². The number of piperidine rings is 2. The highest BCUT2D eigenvalue weighted by Crippen LogP contribution is 2.23. The predicted octanol–water partition coefficient (Wildman–Crippen LogP) is 2.28. The largest absolute Gasteiger partial charge is 0.465 e. The topological polar surface area (TPSA) is 43.8 Å². The van der Waals surface area contributed by atoms with Crippen molar-refractivity contribution < 1.29 is 9.90 Å². The molecule has 2 saturated heterocycles. The summed E-state index contributed by atoms with van der Waals surface area (Å²) in [5.41, 5.74) is 0. The Labute approximate surface area is 109 Å². The summed E-state index contributed by atoms with van der Waals surface area (Å²) < 4.78 is 0. The van der Waals surface area contributed by atoms with E-state index in [1.807, 2.05) is 0 Å². The third kappa shape index (κ3) is 3.75. The Kier molecular flexibility index (Phi) is 5.53. The van der Waals surface area contributed by atoms with Gasteiger partial charge in [-0.2, -0.15) is 0 Å². The zero-order chi connectivity index (χ0) is 11.5. The van der Waals surface area contributed by atoms with Gasteiger partial charge in [0, 0.05) is 25.7 Å². The summed E-state index contributed by atoms with van der Waals surface area (Å²) >= 11 is 0. The third-order valence-corrected chi connectivity index (χ3v) is 3.94. The van der Waals surface area contributed by atoms with Gasteiger partial charge in [-0.15, -0.1) is 12.4 Å². The standard InChI is InChI=1S/C12H22N2O2.ClH/c1-10-3-2-6-14(9-10)11-4-7-13(8-5-11)12(15)16;/h10-11H,2-9H2,1H3,(H,15,16);1H/t10-;/m1./s1. The third-order valence-electron chi connectivity index (χ3n) is 3.94. The van der Waals surface area contributed by atoms with Crippen molar-refractivity contribution in [1.29, 1.82) is 0 Å². The van der Waals surface area contributed by atoms with E-state index in [0.29, 0.717) is 19.1 Å². The van der Waals surface area contributed by atoms with Crippen molar-refractivity contribution in [3.63, 3.8) is 0 Å². The zero-order valence-electron chi connectivity index (χ0n) is 10.5. The van der Waals surface area contributed by atoms with Crippen LogP contribution in [0.3, 0.4) is 0 Å². The molecule has 0 aromatic heterocycles. The van der Waals surface area contributed by atoms with E-state index in [0.717, 1.165) is 18.8 Å². The number of likely N-dealkylation sites (tertiary alicyclic amines) is 2. The fourth-order valence-corrected chi connectivity index (χ4v) is 2.98. The highest BCUT2D eigenvalue weighted by Gasteiger charge is 2.28. The fraction of sp³-hybridized carbons (Fsp3) is 0.917. The van der Waals surface area contributed by atoms with Crippen molar-refractivity contribution in [3.05, 3.63) is 0 Å². The van der Waals surface area contributed by atoms with Crippen LogP contribution in [0.15, 0.2) is 0 Å². The first kappa shape index (κ1) is 14.6. The van der Waals surface area contributed by atoms with E-state index in [9.17, 15) is 4.79 Å². The van der Waals surface area contributed by atoms with Crippen LogP contribution >= 0.6 is 12.4 Å². The molecule has 2 aliphatic rings. The first-order valence-corrected chi connectivity index (χ1v) is 6.38. The Balaban J connectivity index is 0.00000144. The van der Waals surface area contributed by atoms with E-state index >= 15 is 0 Å². The fourth-order valence-electron chi connectivity index (χ4n) is 2.98. The van der Waals surface area contributed by atoms with Crippen LogP contribution in [-0.2, 0) is 0 Å². The van der Waals surface area contributed by atoms with Crippen LogP contribution in [0, 0.1) is 5.92 Å². The number of rotatable bonds is 1. The molecule has 1 N–H and O–H groups in total. The normalized spacial score (nSPS) is 27.6. The van der Waals surface area contributed by atoms with Crippen LogP contribution in [0.1, 0.15) is 32.6 Å². The summed E-state index contributed by atoms with van der Waals surface area (Å²) in [7, 11) is 0. The van der Waals surface area contributed by atoms with Gasteiger partial charge in [-0.05, 0) is 38.1 Å². The summed E-state index contributed by atoms with van der Waals surface area (Å²) in [6.07, 6.45) is 3.92. The van der Waals surface area contributed by atoms with E-state index in [1.165, 1.54) is 25.9 Å². The Morgan fingerprint density at radius 3 is 2.35 bits per heavy atom. The Hall–Kier alpha value is -0.480. The van der Waals surface area contributed by atoms with Crippen molar-refractivity contribution in [2.75, 3.05) is 26.2 Å². The molecule has 0 aromatic carbocycles. The number of amides is 1. The molecule has 2 fully saturated rings. The minimum atomic E-state index is -0.759. The molecule has 2 heterocycles. The van der Waals surface area contributed by atoms with Gasteiger partial charge in [0.15, 0.2) is 0 Å². The van der Waals surface area contributed by atoms with E-state index in [-0.39, 0.29) is 12.4 Å². The van der Waals surface area contributed by atoms with Crippen molar-refractivity contribution in [1.82, 2.24) is 9.80 Å². The molecule has 0 spiro atoms. The second-order valence-corrected chi connectivity index (χ2v) is 5.24. The summed E-state index contributed by atoms with van der Waals surface area (Å²) in [4.78, 5) is 14.9. The second-order valence-electron chi connectivity index (χ2n) is 5.24. The molecule has 0 saturated carbocycles. The molecule has 5 heteroatoms. The molecule has 0 radical (unpaired) electrons. The molecular formula is C12H23ClN2O2. The quantitative estimate of drug-likeness (QED) is 0.789. The molecule has 2 aliphatic heterocycles. The lowest BCUT2D eigenvalue weighted by Gasteiger charge is -2.41. The number of hydrogen-bond acceptors (Lipinski definition) is 2. The summed E-state index contributed by atoms with van der Waals surface area (Å²) in [5.74, 6) is 0.811. The lowest BCUT2D eigenvalue weighted by Crippen LogP contribution is -2.49. The second kappa shape index (κ2) is 6.45. The van der Waals surface area contributed by atoms with Crippen molar-refractivity contribution >= 4 is 18.5 Å². The molecule has 17 heavy (non-hydrogen) atoms. The van der Waals surface area contributed by atoms with Crippen LogP contribution in [0.25, 0.3) is 0 Å². The molecule has 0 aromatic rings. The lowest BCUT2D eigenvalue weighted by molar-refractivity contribution is 0.0718. The van der Waals surface area contributed by atoms with Gasteiger partial charge in [-0.1, -0.05) is 6.92 Å². The molecule has 0 bridgehead atoms. The smallest absolute Gasteiger partial charge is 0.407 e. The van der Waals surface area contributed by atoms with E-state index in [4.69, 9.17) is 5.11 Å². The van der Waals surface area contributed by atoms with E-state index < -0.39 is 6.09 Å². The summed E-state index contributed by atoms with van der Waals surface area (Å²) in [6.45, 7) is 6.16.